The Morgan fingerprint density at radius 3 is 1.35 bits per heavy atom. The lowest BCUT2D eigenvalue weighted by molar-refractivity contribution is 1.09. The highest BCUT2D eigenvalue weighted by molar-refractivity contribution is 5.11. The molecule has 0 nitrogen and oxygen atoms in total. The van der Waals surface area contributed by atoms with Gasteiger partial charge in [0.05, 0.1) is 0 Å². The van der Waals surface area contributed by atoms with E-state index in [1.54, 1.807) is 6.08 Å². The summed E-state index contributed by atoms with van der Waals surface area (Å²) >= 11 is 0. The standard InChI is InChI=1S/C7H8.C5H10.C3H8.C3H6.C2H6/c1-7-5-3-2-4-6-7;1-4-5(2)3;2*1-3-2;1-2/h2-6H,1H3;4H,1-3H3;3H2,1-2H3;3H,1H2,2H3;1-2H3. The van der Waals surface area contributed by atoms with Gasteiger partial charge in [0, 0.05) is 0 Å². The minimum absolute atomic E-state index is 1.25. The minimum Gasteiger partial charge on any atom is -0.103 e. The van der Waals surface area contributed by atoms with Crippen LogP contribution >= 0.6 is 0 Å². The number of hydrogen-bond donors (Lipinski definition) is 0. The third kappa shape index (κ3) is 54.4. The SMILES string of the molecule is C=CC.CC.CC=C(C)C.CCC.Cc1ccccc1. The van der Waals surface area contributed by atoms with Gasteiger partial charge in [-0.1, -0.05) is 87.7 Å². The highest BCUT2D eigenvalue weighted by Crippen LogP contribution is 1.92. The third-order valence-electron chi connectivity index (χ3n) is 1.52. The molecule has 0 bridgehead atoms. The van der Waals surface area contributed by atoms with Crippen molar-refractivity contribution in [3.8, 4) is 0 Å². The van der Waals surface area contributed by atoms with Gasteiger partial charge in [0.15, 0.2) is 0 Å². The Morgan fingerprint density at radius 1 is 1.00 bits per heavy atom. The number of hydrogen-bond acceptors (Lipinski definition) is 0. The van der Waals surface area contributed by atoms with E-state index in [4.69, 9.17) is 0 Å². The van der Waals surface area contributed by atoms with Crippen LogP contribution in [0.3, 0.4) is 0 Å². The predicted octanol–water partition coefficient (Wildman–Crippen LogP) is 7.60. The van der Waals surface area contributed by atoms with E-state index in [1.165, 1.54) is 17.6 Å². The molecule has 20 heavy (non-hydrogen) atoms. The highest BCUT2D eigenvalue weighted by Gasteiger charge is 1.72. The van der Waals surface area contributed by atoms with Gasteiger partial charge >= 0.3 is 0 Å². The summed E-state index contributed by atoms with van der Waals surface area (Å²) in [5.74, 6) is 0. The van der Waals surface area contributed by atoms with Crippen LogP contribution in [0.25, 0.3) is 0 Å². The lowest BCUT2D eigenvalue weighted by Crippen LogP contribution is -1.62. The fraction of sp³-hybridized carbons (Fsp3) is 0.500. The van der Waals surface area contributed by atoms with Crippen LogP contribution < -0.4 is 0 Å². The normalized spacial score (nSPS) is 6.65. The van der Waals surface area contributed by atoms with Crippen LogP contribution in [0.5, 0.6) is 0 Å². The molecule has 0 radical (unpaired) electrons. The topological polar surface area (TPSA) is 0 Å². The van der Waals surface area contributed by atoms with Gasteiger partial charge in [0.25, 0.3) is 0 Å². The maximum Gasteiger partial charge on any atom is -0.0398 e. The van der Waals surface area contributed by atoms with Crippen molar-refractivity contribution >= 4 is 0 Å². The minimum atomic E-state index is 1.25. The number of rotatable bonds is 0. The summed E-state index contributed by atoms with van der Waals surface area (Å²) in [7, 11) is 0. The molecule has 0 atom stereocenters. The first-order valence-electron chi connectivity index (χ1n) is 7.68. The molecule has 0 saturated heterocycles. The van der Waals surface area contributed by atoms with Gasteiger partial charge in [-0.05, 0) is 34.6 Å². The molecule has 0 aliphatic heterocycles. The van der Waals surface area contributed by atoms with Gasteiger partial charge in [-0.3, -0.25) is 0 Å². The smallest absolute Gasteiger partial charge is 0.0398 e. The monoisotopic (exact) mass is 278 g/mol. The van der Waals surface area contributed by atoms with Crippen LogP contribution in [0, 0.1) is 6.92 Å². The molecule has 1 aromatic carbocycles. The Balaban J connectivity index is -0.0000000877. The van der Waals surface area contributed by atoms with Gasteiger partial charge in [0.1, 0.15) is 0 Å². The summed E-state index contributed by atoms with van der Waals surface area (Å²) in [4.78, 5) is 0. The molecule has 118 valence electrons. The second-order valence-corrected chi connectivity index (χ2v) is 4.14. The molecule has 0 spiro atoms. The van der Waals surface area contributed by atoms with Crippen LogP contribution in [0.2, 0.25) is 0 Å². The van der Waals surface area contributed by atoms with Crippen LogP contribution in [-0.2, 0) is 0 Å². The predicted molar refractivity (Wildman–Crippen MR) is 99.5 cm³/mol. The second-order valence-electron chi connectivity index (χ2n) is 4.14. The lowest BCUT2D eigenvalue weighted by Gasteiger charge is -1.82. The van der Waals surface area contributed by atoms with Crippen LogP contribution in [0.15, 0.2) is 54.6 Å². The fourth-order valence-electron chi connectivity index (χ4n) is 0.534. The van der Waals surface area contributed by atoms with E-state index in [0.29, 0.717) is 0 Å². The summed E-state index contributed by atoms with van der Waals surface area (Å²) in [5, 5.41) is 0. The zero-order valence-corrected chi connectivity index (χ0v) is 15.5. The lowest BCUT2D eigenvalue weighted by atomic mass is 10.2. The maximum atomic E-state index is 3.36. The molecule has 0 N–H and O–H groups in total. The van der Waals surface area contributed by atoms with E-state index in [2.05, 4.69) is 59.4 Å². The van der Waals surface area contributed by atoms with Crippen LogP contribution in [-0.4, -0.2) is 0 Å². The summed E-state index contributed by atoms with van der Waals surface area (Å²) in [6, 6.07) is 10.3. The summed E-state index contributed by atoms with van der Waals surface area (Å²) in [5.41, 5.74) is 2.70. The zero-order valence-electron chi connectivity index (χ0n) is 15.5. The molecular weight excluding hydrogens is 240 g/mol. The first kappa shape index (κ1) is 27.1. The first-order valence-corrected chi connectivity index (χ1v) is 7.68. The van der Waals surface area contributed by atoms with E-state index in [9.17, 15) is 0 Å². The average molecular weight is 279 g/mol. The number of allylic oxidation sites excluding steroid dienone is 3. The number of aryl methyl sites for hydroxylation is 1. The van der Waals surface area contributed by atoms with Crippen molar-refractivity contribution in [2.45, 2.75) is 68.7 Å². The van der Waals surface area contributed by atoms with Gasteiger partial charge in [0.2, 0.25) is 0 Å². The van der Waals surface area contributed by atoms with Crippen molar-refractivity contribution in [3.05, 3.63) is 60.2 Å². The number of benzene rings is 1. The second kappa shape index (κ2) is 30.6. The van der Waals surface area contributed by atoms with Crippen LogP contribution in [0.4, 0.5) is 0 Å². The quantitative estimate of drug-likeness (QED) is 0.428. The van der Waals surface area contributed by atoms with Crippen molar-refractivity contribution < 1.29 is 0 Å². The van der Waals surface area contributed by atoms with Crippen molar-refractivity contribution in [2.75, 3.05) is 0 Å². The summed E-state index contributed by atoms with van der Waals surface area (Å²) < 4.78 is 0. The summed E-state index contributed by atoms with van der Waals surface area (Å²) in [6.45, 7) is 21.8. The molecule has 1 rings (SSSR count). The molecule has 0 aliphatic carbocycles. The van der Waals surface area contributed by atoms with Crippen LogP contribution in [0.1, 0.15) is 67.4 Å². The highest BCUT2D eigenvalue weighted by atomic mass is 13.8. The Kier molecular flexibility index (Phi) is 41.5. The molecule has 0 amide bonds. The van der Waals surface area contributed by atoms with Crippen molar-refractivity contribution in [1.82, 2.24) is 0 Å². The molecule has 0 unspecified atom stereocenters. The Morgan fingerprint density at radius 2 is 1.25 bits per heavy atom. The molecule has 1 aromatic rings. The Labute approximate surface area is 129 Å². The molecule has 0 aliphatic rings. The molecule has 0 heterocycles. The molecule has 0 aromatic heterocycles. The fourth-order valence-corrected chi connectivity index (χ4v) is 0.534. The van der Waals surface area contributed by atoms with Gasteiger partial charge in [-0.2, -0.15) is 0 Å². The molecule has 0 fully saturated rings. The van der Waals surface area contributed by atoms with E-state index in [-0.39, 0.29) is 0 Å². The maximum absolute atomic E-state index is 3.36. The van der Waals surface area contributed by atoms with Gasteiger partial charge in [-0.15, -0.1) is 6.58 Å². The Hall–Kier alpha value is -1.30. The zero-order chi connectivity index (χ0) is 16.8. The van der Waals surface area contributed by atoms with Gasteiger partial charge in [-0.25, -0.2) is 0 Å². The van der Waals surface area contributed by atoms with E-state index < -0.39 is 0 Å². The van der Waals surface area contributed by atoms with Crippen molar-refractivity contribution in [1.29, 1.82) is 0 Å². The first-order chi connectivity index (χ1) is 9.49. The van der Waals surface area contributed by atoms with Gasteiger partial charge < -0.3 is 0 Å². The molecular formula is C20H38. The van der Waals surface area contributed by atoms with E-state index in [1.807, 2.05) is 45.9 Å². The van der Waals surface area contributed by atoms with Crippen molar-refractivity contribution in [2.24, 2.45) is 0 Å². The average Bonchev–Trinajstić information content (AvgIpc) is 2.44. The van der Waals surface area contributed by atoms with Crippen molar-refractivity contribution in [3.63, 3.8) is 0 Å². The van der Waals surface area contributed by atoms with E-state index in [0.717, 1.165) is 0 Å². The summed E-state index contributed by atoms with van der Waals surface area (Å²) in [6.07, 6.45) is 5.08. The van der Waals surface area contributed by atoms with E-state index >= 15 is 0 Å². The Bertz CT molecular complexity index is 263. The molecule has 0 saturated carbocycles. The third-order valence-corrected chi connectivity index (χ3v) is 1.52. The largest absolute Gasteiger partial charge is 0.103 e. The molecule has 0 heteroatoms.